The predicted octanol–water partition coefficient (Wildman–Crippen LogP) is 1.26. The van der Waals surface area contributed by atoms with Gasteiger partial charge in [0.15, 0.2) is 0 Å². The first-order valence-electron chi connectivity index (χ1n) is 5.28. The van der Waals surface area contributed by atoms with E-state index in [0.717, 1.165) is 11.3 Å². The van der Waals surface area contributed by atoms with E-state index in [1.807, 2.05) is 6.92 Å². The number of aliphatic hydroxyl groups excluding tert-OH is 1. The molecule has 2 rings (SSSR count). The Morgan fingerprint density at radius 3 is 2.89 bits per heavy atom. The number of nitrogens with one attached hydrogen (secondary N) is 1. The zero-order chi connectivity index (χ0) is 13.2. The molecule has 0 saturated carbocycles. The molecule has 2 aromatic rings. The fourth-order valence-electron chi connectivity index (χ4n) is 1.37. The summed E-state index contributed by atoms with van der Waals surface area (Å²) in [6.45, 7) is 2.42. The summed E-state index contributed by atoms with van der Waals surface area (Å²) in [6, 6.07) is 1.46. The topological polar surface area (TPSA) is 84.2 Å². The van der Waals surface area contributed by atoms with Crippen molar-refractivity contribution in [1.29, 1.82) is 0 Å². The van der Waals surface area contributed by atoms with Gasteiger partial charge in [-0.1, -0.05) is 0 Å². The van der Waals surface area contributed by atoms with Crippen molar-refractivity contribution in [3.63, 3.8) is 0 Å². The number of hydrogen-bond donors (Lipinski definition) is 2. The van der Waals surface area contributed by atoms with E-state index in [0.29, 0.717) is 17.8 Å². The van der Waals surface area contributed by atoms with Crippen molar-refractivity contribution in [3.8, 4) is 0 Å². The van der Waals surface area contributed by atoms with Crippen molar-refractivity contribution in [2.24, 2.45) is 0 Å². The maximum atomic E-state index is 12.0. The molecular weight excluding hydrogens is 274 g/mol. The van der Waals surface area contributed by atoms with E-state index in [1.54, 1.807) is 16.3 Å². The Labute approximate surface area is 109 Å². The summed E-state index contributed by atoms with van der Waals surface area (Å²) in [5, 5.41) is 14.5. The minimum absolute atomic E-state index is 0.167. The van der Waals surface area contributed by atoms with Gasteiger partial charge in [0.1, 0.15) is 4.21 Å². The Hall–Kier alpha value is -1.38. The molecule has 0 bridgehead atoms. The van der Waals surface area contributed by atoms with Gasteiger partial charge in [0.05, 0.1) is 18.5 Å². The van der Waals surface area contributed by atoms with Gasteiger partial charge in [-0.25, -0.2) is 8.42 Å². The smallest absolute Gasteiger partial charge is 0.271 e. The molecule has 98 valence electrons. The minimum Gasteiger partial charge on any atom is -0.392 e. The van der Waals surface area contributed by atoms with E-state index in [9.17, 15) is 8.42 Å². The highest BCUT2D eigenvalue weighted by molar-refractivity contribution is 7.94. The molecule has 0 aromatic carbocycles. The number of hydrogen-bond acceptors (Lipinski definition) is 5. The van der Waals surface area contributed by atoms with Crippen LogP contribution in [0.25, 0.3) is 0 Å². The molecule has 0 radical (unpaired) electrons. The van der Waals surface area contributed by atoms with Gasteiger partial charge < -0.3 is 5.11 Å². The molecule has 0 aliphatic carbocycles. The summed E-state index contributed by atoms with van der Waals surface area (Å²) >= 11 is 1.08. The lowest BCUT2D eigenvalue weighted by atomic mass is 10.4. The fourth-order valence-corrected chi connectivity index (χ4v) is 3.60. The fraction of sp³-hybridized carbons (Fsp3) is 0.300. The van der Waals surface area contributed by atoms with E-state index in [4.69, 9.17) is 5.11 Å². The second kappa shape index (κ2) is 5.09. The Bertz CT molecular complexity index is 630. The number of aryl methyl sites for hydroxylation is 1. The number of nitrogens with zero attached hydrogens (tertiary/aromatic N) is 2. The van der Waals surface area contributed by atoms with Crippen molar-refractivity contribution < 1.29 is 13.5 Å². The van der Waals surface area contributed by atoms with Crippen molar-refractivity contribution in [3.05, 3.63) is 29.4 Å². The van der Waals surface area contributed by atoms with Crippen LogP contribution in [0.4, 0.5) is 5.69 Å². The first-order valence-corrected chi connectivity index (χ1v) is 7.65. The molecule has 0 fully saturated rings. The summed E-state index contributed by atoms with van der Waals surface area (Å²) < 4.78 is 28.3. The van der Waals surface area contributed by atoms with Gasteiger partial charge >= 0.3 is 0 Å². The molecule has 0 amide bonds. The molecule has 0 saturated heterocycles. The van der Waals surface area contributed by atoms with Gasteiger partial charge in [-0.15, -0.1) is 11.3 Å². The highest BCUT2D eigenvalue weighted by atomic mass is 32.2. The summed E-state index contributed by atoms with van der Waals surface area (Å²) in [4.78, 5) is 0. The molecule has 0 atom stereocenters. The number of aliphatic hydroxyl groups is 1. The van der Waals surface area contributed by atoms with Crippen LogP contribution in [0.2, 0.25) is 0 Å². The molecule has 0 unspecified atom stereocenters. The van der Waals surface area contributed by atoms with Crippen molar-refractivity contribution in [1.82, 2.24) is 9.78 Å². The summed E-state index contributed by atoms with van der Waals surface area (Å²) in [5.74, 6) is 0. The van der Waals surface area contributed by atoms with Crippen LogP contribution in [0.1, 0.15) is 12.5 Å². The second-order valence-corrected chi connectivity index (χ2v) is 6.44. The molecule has 0 aliphatic heterocycles. The first kappa shape index (κ1) is 13.1. The van der Waals surface area contributed by atoms with Crippen LogP contribution in [-0.2, 0) is 23.2 Å². The lowest BCUT2D eigenvalue weighted by Crippen LogP contribution is -2.11. The van der Waals surface area contributed by atoms with Crippen LogP contribution < -0.4 is 4.72 Å². The third kappa shape index (κ3) is 2.71. The monoisotopic (exact) mass is 287 g/mol. The summed E-state index contributed by atoms with van der Waals surface area (Å²) in [6.07, 6.45) is 3.08. The molecule has 0 aliphatic rings. The second-order valence-electron chi connectivity index (χ2n) is 3.62. The lowest BCUT2D eigenvalue weighted by Gasteiger charge is -2.02. The SMILES string of the molecule is CCn1cc(NS(=O)(=O)c2cc(CO)cs2)cn1. The number of anilines is 1. The maximum absolute atomic E-state index is 12.0. The number of thiophene rings is 1. The van der Waals surface area contributed by atoms with E-state index >= 15 is 0 Å². The highest BCUT2D eigenvalue weighted by Gasteiger charge is 2.17. The molecule has 2 N–H and O–H groups in total. The molecule has 2 aromatic heterocycles. The van der Waals surface area contributed by atoms with Gasteiger partial charge in [0.25, 0.3) is 10.0 Å². The van der Waals surface area contributed by atoms with E-state index in [2.05, 4.69) is 9.82 Å². The quantitative estimate of drug-likeness (QED) is 0.867. The Morgan fingerprint density at radius 2 is 2.33 bits per heavy atom. The number of sulfonamides is 1. The van der Waals surface area contributed by atoms with Crippen LogP contribution in [0.5, 0.6) is 0 Å². The zero-order valence-corrected chi connectivity index (χ0v) is 11.3. The number of rotatable bonds is 5. The van der Waals surface area contributed by atoms with Gasteiger partial charge in [-0.2, -0.15) is 5.10 Å². The lowest BCUT2D eigenvalue weighted by molar-refractivity contribution is 0.282. The van der Waals surface area contributed by atoms with Crippen LogP contribution in [0.15, 0.2) is 28.0 Å². The standard InChI is InChI=1S/C10H13N3O3S2/c1-2-13-5-9(4-11-13)12-18(15,16)10-3-8(6-14)7-17-10/h3-5,7,12,14H,2,6H2,1H3. The molecule has 18 heavy (non-hydrogen) atoms. The zero-order valence-electron chi connectivity index (χ0n) is 9.70. The van der Waals surface area contributed by atoms with Crippen molar-refractivity contribution in [2.75, 3.05) is 4.72 Å². The van der Waals surface area contributed by atoms with E-state index < -0.39 is 10.0 Å². The first-order chi connectivity index (χ1) is 8.55. The average Bonchev–Trinajstić information content (AvgIpc) is 2.96. The Balaban J connectivity index is 2.21. The molecule has 0 spiro atoms. The molecular formula is C10H13N3O3S2. The third-order valence-electron chi connectivity index (χ3n) is 2.29. The van der Waals surface area contributed by atoms with Crippen molar-refractivity contribution >= 4 is 27.0 Å². The minimum atomic E-state index is -3.59. The van der Waals surface area contributed by atoms with Gasteiger partial charge in [-0.3, -0.25) is 9.40 Å². The highest BCUT2D eigenvalue weighted by Crippen LogP contribution is 2.22. The van der Waals surface area contributed by atoms with Gasteiger partial charge in [0.2, 0.25) is 0 Å². The normalized spacial score (nSPS) is 11.7. The largest absolute Gasteiger partial charge is 0.392 e. The number of aromatic nitrogens is 2. The van der Waals surface area contributed by atoms with Crippen LogP contribution >= 0.6 is 11.3 Å². The van der Waals surface area contributed by atoms with Crippen LogP contribution in [-0.4, -0.2) is 23.3 Å². The molecule has 6 nitrogen and oxygen atoms in total. The molecule has 8 heteroatoms. The van der Waals surface area contributed by atoms with E-state index in [1.165, 1.54) is 12.3 Å². The molecule has 2 heterocycles. The Kier molecular flexibility index (Phi) is 3.69. The van der Waals surface area contributed by atoms with E-state index in [-0.39, 0.29) is 10.8 Å². The summed E-state index contributed by atoms with van der Waals surface area (Å²) in [7, 11) is -3.59. The van der Waals surface area contributed by atoms with Crippen molar-refractivity contribution in [2.45, 2.75) is 24.3 Å². The maximum Gasteiger partial charge on any atom is 0.271 e. The van der Waals surface area contributed by atoms with Crippen LogP contribution in [0, 0.1) is 0 Å². The third-order valence-corrected chi connectivity index (χ3v) is 5.16. The van der Waals surface area contributed by atoms with Crippen LogP contribution in [0.3, 0.4) is 0 Å². The van der Waals surface area contributed by atoms with Gasteiger partial charge in [-0.05, 0) is 23.9 Å². The average molecular weight is 287 g/mol. The Morgan fingerprint density at radius 1 is 1.56 bits per heavy atom. The summed E-state index contributed by atoms with van der Waals surface area (Å²) in [5.41, 5.74) is 1.01. The predicted molar refractivity (Wildman–Crippen MR) is 69.0 cm³/mol. The van der Waals surface area contributed by atoms with Gasteiger partial charge in [0, 0.05) is 12.7 Å².